The summed E-state index contributed by atoms with van der Waals surface area (Å²) >= 11 is 1.58. The molecule has 122 valence electrons. The predicted molar refractivity (Wildman–Crippen MR) is 94.6 cm³/mol. The van der Waals surface area contributed by atoms with Gasteiger partial charge in [0, 0.05) is 19.1 Å². The third-order valence-corrected chi connectivity index (χ3v) is 5.61. The van der Waals surface area contributed by atoms with Crippen LogP contribution in [0.25, 0.3) is 10.4 Å². The minimum Gasteiger partial charge on any atom is -0.333 e. The monoisotopic (exact) mass is 329 g/mol. The fourth-order valence-corrected chi connectivity index (χ4v) is 4.27. The number of nitrogens with zero attached hydrogens (tertiary/aromatic N) is 2. The molecule has 5 heteroatoms. The van der Waals surface area contributed by atoms with E-state index in [-0.39, 0.29) is 11.9 Å². The molecule has 1 fully saturated rings. The molecule has 1 aromatic carbocycles. The molecular weight excluding hydrogens is 306 g/mol. The lowest BCUT2D eigenvalue weighted by molar-refractivity contribution is 0.0528. The number of nitrogens with two attached hydrogens (primary N) is 1. The van der Waals surface area contributed by atoms with Crippen LogP contribution in [0.15, 0.2) is 30.3 Å². The van der Waals surface area contributed by atoms with Crippen molar-refractivity contribution in [2.24, 2.45) is 11.7 Å². The highest BCUT2D eigenvalue weighted by Gasteiger charge is 2.33. The Hall–Kier alpha value is -1.72. The largest absolute Gasteiger partial charge is 0.333 e. The van der Waals surface area contributed by atoms with E-state index in [0.29, 0.717) is 18.2 Å². The van der Waals surface area contributed by atoms with Crippen molar-refractivity contribution in [1.29, 1.82) is 0 Å². The van der Waals surface area contributed by atoms with E-state index in [2.05, 4.69) is 11.9 Å². The zero-order chi connectivity index (χ0) is 16.4. The second kappa shape index (κ2) is 6.81. The minimum absolute atomic E-state index is 0.0233. The fourth-order valence-electron chi connectivity index (χ4n) is 3.35. The number of likely N-dealkylation sites (tertiary alicyclic amines) is 1. The van der Waals surface area contributed by atoms with E-state index in [4.69, 9.17) is 5.73 Å². The summed E-state index contributed by atoms with van der Waals surface area (Å²) in [7, 11) is 0. The molecule has 1 aromatic heterocycles. The van der Waals surface area contributed by atoms with Crippen molar-refractivity contribution in [3.8, 4) is 10.4 Å². The summed E-state index contributed by atoms with van der Waals surface area (Å²) in [5.74, 6) is 0.466. The van der Waals surface area contributed by atoms with Gasteiger partial charge in [0.1, 0.15) is 5.69 Å². The number of hydrogen-bond donors (Lipinski definition) is 1. The van der Waals surface area contributed by atoms with Gasteiger partial charge in [-0.05, 0) is 31.2 Å². The molecule has 0 saturated carbocycles. The van der Waals surface area contributed by atoms with Crippen molar-refractivity contribution in [1.82, 2.24) is 9.88 Å². The Labute approximate surface area is 141 Å². The Morgan fingerprint density at radius 3 is 2.83 bits per heavy atom. The van der Waals surface area contributed by atoms with Crippen LogP contribution in [0.3, 0.4) is 0 Å². The third-order valence-electron chi connectivity index (χ3n) is 4.59. The molecule has 2 aromatic rings. The normalized spacial score (nSPS) is 21.4. The maximum Gasteiger partial charge on any atom is 0.274 e. The van der Waals surface area contributed by atoms with Gasteiger partial charge >= 0.3 is 0 Å². The van der Waals surface area contributed by atoms with Crippen molar-refractivity contribution in [3.05, 3.63) is 41.0 Å². The highest BCUT2D eigenvalue weighted by molar-refractivity contribution is 7.15. The summed E-state index contributed by atoms with van der Waals surface area (Å²) in [6.07, 6.45) is 2.17. The smallest absolute Gasteiger partial charge is 0.274 e. The summed E-state index contributed by atoms with van der Waals surface area (Å²) in [5.41, 5.74) is 7.57. The first-order valence-corrected chi connectivity index (χ1v) is 8.97. The average molecular weight is 329 g/mol. The maximum atomic E-state index is 13.1. The van der Waals surface area contributed by atoms with Gasteiger partial charge in [-0.3, -0.25) is 4.79 Å². The second-order valence-corrected chi connectivity index (χ2v) is 7.40. The Bertz CT molecular complexity index is 683. The van der Waals surface area contributed by atoms with Crippen molar-refractivity contribution < 1.29 is 4.79 Å². The van der Waals surface area contributed by atoms with Crippen molar-refractivity contribution in [2.75, 3.05) is 13.1 Å². The van der Waals surface area contributed by atoms with Crippen molar-refractivity contribution in [3.63, 3.8) is 0 Å². The van der Waals surface area contributed by atoms with Gasteiger partial charge in [0.05, 0.1) is 9.88 Å². The molecule has 1 amide bonds. The van der Waals surface area contributed by atoms with Crippen LogP contribution in [0.5, 0.6) is 0 Å². The first-order valence-electron chi connectivity index (χ1n) is 8.15. The predicted octanol–water partition coefficient (Wildman–Crippen LogP) is 3.32. The number of hydrogen-bond acceptors (Lipinski definition) is 4. The Balaban J connectivity index is 1.97. The summed E-state index contributed by atoms with van der Waals surface area (Å²) in [4.78, 5) is 20.6. The number of carbonyl (C=O) groups excluding carboxylic acids is 1. The van der Waals surface area contributed by atoms with E-state index in [9.17, 15) is 4.79 Å². The van der Waals surface area contributed by atoms with Gasteiger partial charge in [-0.15, -0.1) is 11.3 Å². The van der Waals surface area contributed by atoms with E-state index < -0.39 is 0 Å². The van der Waals surface area contributed by atoms with E-state index in [1.54, 1.807) is 11.3 Å². The zero-order valence-corrected chi connectivity index (χ0v) is 14.5. The summed E-state index contributed by atoms with van der Waals surface area (Å²) in [6, 6.07) is 10.1. The molecular formula is C18H23N3OS. The molecule has 0 radical (unpaired) electrons. The lowest BCUT2D eigenvalue weighted by Gasteiger charge is -2.39. The molecule has 2 atom stereocenters. The fraction of sp³-hybridized carbons (Fsp3) is 0.444. The van der Waals surface area contributed by atoms with E-state index in [0.717, 1.165) is 34.8 Å². The standard InChI is InChI=1S/C18H23N3OS/c1-12-7-6-10-21(15(12)11-19)18(22)16-17(23-13(2)20-16)14-8-4-3-5-9-14/h3-5,8-9,12,15H,6-7,10-11,19H2,1-2H3/t12-,15+/m0/s1. The van der Waals surface area contributed by atoms with Gasteiger partial charge < -0.3 is 10.6 Å². The van der Waals surface area contributed by atoms with E-state index in [1.165, 1.54) is 0 Å². The van der Waals surface area contributed by atoms with Crippen LogP contribution >= 0.6 is 11.3 Å². The van der Waals surface area contributed by atoms with Gasteiger partial charge in [-0.25, -0.2) is 4.98 Å². The number of amides is 1. The van der Waals surface area contributed by atoms with E-state index >= 15 is 0 Å². The average Bonchev–Trinajstić information content (AvgIpc) is 2.96. The molecule has 0 unspecified atom stereocenters. The van der Waals surface area contributed by atoms with Crippen LogP contribution in [0.4, 0.5) is 0 Å². The van der Waals surface area contributed by atoms with Crippen LogP contribution in [-0.2, 0) is 0 Å². The maximum absolute atomic E-state index is 13.1. The molecule has 1 aliphatic heterocycles. The first kappa shape index (κ1) is 16.1. The van der Waals surface area contributed by atoms with Crippen LogP contribution in [0, 0.1) is 12.8 Å². The number of benzene rings is 1. The van der Waals surface area contributed by atoms with Gasteiger partial charge in [-0.2, -0.15) is 0 Å². The molecule has 3 rings (SSSR count). The lowest BCUT2D eigenvalue weighted by atomic mass is 9.90. The van der Waals surface area contributed by atoms with Gasteiger partial charge in [0.25, 0.3) is 5.91 Å². The van der Waals surface area contributed by atoms with Gasteiger partial charge in [-0.1, -0.05) is 37.3 Å². The number of aromatic nitrogens is 1. The summed E-state index contributed by atoms with van der Waals surface area (Å²) in [5, 5.41) is 0.918. The van der Waals surface area contributed by atoms with Crippen molar-refractivity contribution >= 4 is 17.2 Å². The highest BCUT2D eigenvalue weighted by atomic mass is 32.1. The molecule has 1 saturated heterocycles. The SMILES string of the molecule is Cc1nc(C(=O)N2CCC[C@H](C)[C@H]2CN)c(-c2ccccc2)s1. The van der Waals surface area contributed by atoms with Gasteiger partial charge in [0.2, 0.25) is 0 Å². The van der Waals surface area contributed by atoms with Crippen LogP contribution < -0.4 is 5.73 Å². The number of piperidine rings is 1. The van der Waals surface area contributed by atoms with Crippen molar-refractivity contribution in [2.45, 2.75) is 32.7 Å². The quantitative estimate of drug-likeness (QED) is 0.940. The molecule has 2 N–H and O–H groups in total. The highest BCUT2D eigenvalue weighted by Crippen LogP contribution is 2.32. The van der Waals surface area contributed by atoms with Gasteiger partial charge in [0.15, 0.2) is 0 Å². The van der Waals surface area contributed by atoms with E-state index in [1.807, 2.05) is 42.2 Å². The Morgan fingerprint density at radius 2 is 2.13 bits per heavy atom. The molecule has 0 bridgehead atoms. The lowest BCUT2D eigenvalue weighted by Crippen LogP contribution is -2.51. The Morgan fingerprint density at radius 1 is 1.39 bits per heavy atom. The zero-order valence-electron chi connectivity index (χ0n) is 13.7. The number of carbonyl (C=O) groups is 1. The number of thiazole rings is 1. The number of aryl methyl sites for hydroxylation is 1. The molecule has 4 nitrogen and oxygen atoms in total. The Kier molecular flexibility index (Phi) is 4.78. The first-order chi connectivity index (χ1) is 11.1. The molecule has 2 heterocycles. The molecule has 23 heavy (non-hydrogen) atoms. The summed E-state index contributed by atoms with van der Waals surface area (Å²) in [6.45, 7) is 5.42. The minimum atomic E-state index is 0.0233. The van der Waals surface area contributed by atoms with Crippen LogP contribution in [-0.4, -0.2) is 34.9 Å². The second-order valence-electron chi connectivity index (χ2n) is 6.20. The topological polar surface area (TPSA) is 59.2 Å². The summed E-state index contributed by atoms with van der Waals surface area (Å²) < 4.78 is 0. The molecule has 0 spiro atoms. The van der Waals surface area contributed by atoms with Crippen LogP contribution in [0.2, 0.25) is 0 Å². The van der Waals surface area contributed by atoms with Crippen LogP contribution in [0.1, 0.15) is 35.3 Å². The molecule has 0 aliphatic carbocycles. The third kappa shape index (κ3) is 3.16. The molecule has 1 aliphatic rings. The number of rotatable bonds is 3.